The molecule has 3 fully saturated rings. The zero-order chi connectivity index (χ0) is 12.0. The first-order valence-corrected chi connectivity index (χ1v) is 8.61. The van der Waals surface area contributed by atoms with Crippen LogP contribution in [-0.4, -0.2) is 49.0 Å². The molecule has 4 nitrogen and oxygen atoms in total. The lowest BCUT2D eigenvalue weighted by Crippen LogP contribution is -2.55. The van der Waals surface area contributed by atoms with E-state index in [0.717, 1.165) is 25.7 Å². The number of sulfone groups is 1. The van der Waals surface area contributed by atoms with Crippen molar-refractivity contribution in [3.05, 3.63) is 0 Å². The maximum absolute atomic E-state index is 11.8. The van der Waals surface area contributed by atoms with Gasteiger partial charge in [-0.05, 0) is 38.5 Å². The van der Waals surface area contributed by atoms with E-state index in [1.54, 1.807) is 0 Å². The van der Waals surface area contributed by atoms with Gasteiger partial charge in [0.05, 0.1) is 11.5 Å². The summed E-state index contributed by atoms with van der Waals surface area (Å²) in [5.41, 5.74) is 6.06. The zero-order valence-corrected chi connectivity index (χ0v) is 11.0. The number of piperidine rings is 1. The number of hydrogen-bond acceptors (Lipinski definition) is 4. The summed E-state index contributed by atoms with van der Waals surface area (Å²) in [5.74, 6) is 0.779. The molecule has 3 saturated heterocycles. The van der Waals surface area contributed by atoms with Gasteiger partial charge in [0.2, 0.25) is 0 Å². The minimum absolute atomic E-state index is 0.277. The molecule has 3 aliphatic heterocycles. The van der Waals surface area contributed by atoms with Gasteiger partial charge in [-0.25, -0.2) is 8.42 Å². The minimum atomic E-state index is -2.79. The quantitative estimate of drug-likeness (QED) is 0.744. The van der Waals surface area contributed by atoms with E-state index in [1.807, 2.05) is 0 Å². The van der Waals surface area contributed by atoms with Crippen molar-refractivity contribution in [1.29, 1.82) is 0 Å². The van der Waals surface area contributed by atoms with Gasteiger partial charge in [0, 0.05) is 24.2 Å². The minimum Gasteiger partial charge on any atom is -0.328 e. The molecule has 0 aromatic carbocycles. The number of fused-ring (bicyclic) bond motifs is 2. The van der Waals surface area contributed by atoms with Crippen molar-refractivity contribution in [2.24, 2.45) is 5.73 Å². The molecule has 0 saturated carbocycles. The summed E-state index contributed by atoms with van der Waals surface area (Å²) < 4.78 is 23.5. The van der Waals surface area contributed by atoms with Crippen LogP contribution in [-0.2, 0) is 9.84 Å². The van der Waals surface area contributed by atoms with Gasteiger partial charge in [0.1, 0.15) is 0 Å². The first kappa shape index (κ1) is 11.9. The fourth-order valence-electron chi connectivity index (χ4n) is 4.09. The van der Waals surface area contributed by atoms with Gasteiger partial charge in [0.15, 0.2) is 9.84 Å². The second kappa shape index (κ2) is 4.21. The molecule has 3 unspecified atom stereocenters. The summed E-state index contributed by atoms with van der Waals surface area (Å²) in [4.78, 5) is 2.51. The van der Waals surface area contributed by atoms with E-state index in [9.17, 15) is 8.42 Å². The van der Waals surface area contributed by atoms with Gasteiger partial charge in [0.25, 0.3) is 0 Å². The monoisotopic (exact) mass is 258 g/mol. The summed E-state index contributed by atoms with van der Waals surface area (Å²) in [6, 6.07) is 1.73. The van der Waals surface area contributed by atoms with Gasteiger partial charge < -0.3 is 5.73 Å². The Morgan fingerprint density at radius 2 is 1.65 bits per heavy atom. The zero-order valence-electron chi connectivity index (χ0n) is 10.2. The molecule has 17 heavy (non-hydrogen) atoms. The van der Waals surface area contributed by atoms with Crippen LogP contribution in [0, 0.1) is 0 Å². The van der Waals surface area contributed by atoms with Crippen LogP contribution in [0.2, 0.25) is 0 Å². The Morgan fingerprint density at radius 1 is 1.00 bits per heavy atom. The molecular formula is C12H22N2O2S. The van der Waals surface area contributed by atoms with Crippen molar-refractivity contribution < 1.29 is 8.42 Å². The van der Waals surface area contributed by atoms with E-state index < -0.39 is 9.84 Å². The normalized spacial score (nSPS) is 45.9. The molecule has 0 aromatic heterocycles. The highest BCUT2D eigenvalue weighted by atomic mass is 32.2. The molecule has 0 aliphatic carbocycles. The molecule has 0 spiro atoms. The van der Waals surface area contributed by atoms with E-state index in [-0.39, 0.29) is 6.04 Å². The molecule has 2 N–H and O–H groups in total. The lowest BCUT2D eigenvalue weighted by Gasteiger charge is -2.44. The van der Waals surface area contributed by atoms with E-state index in [4.69, 9.17) is 5.73 Å². The predicted octanol–water partition coefficient (Wildman–Crippen LogP) is 0.518. The van der Waals surface area contributed by atoms with Crippen LogP contribution in [0.5, 0.6) is 0 Å². The summed E-state index contributed by atoms with van der Waals surface area (Å²) >= 11 is 0. The molecule has 5 heteroatoms. The third-order valence-electron chi connectivity index (χ3n) is 4.69. The number of nitrogens with two attached hydrogens (primary N) is 1. The van der Waals surface area contributed by atoms with Crippen LogP contribution < -0.4 is 5.73 Å². The summed E-state index contributed by atoms with van der Waals surface area (Å²) in [7, 11) is -2.79. The Kier molecular flexibility index (Phi) is 2.96. The molecule has 3 aliphatic rings. The fourth-order valence-corrected chi connectivity index (χ4v) is 5.78. The Hall–Kier alpha value is -0.130. The molecule has 98 valence electrons. The molecule has 0 aromatic rings. The maximum Gasteiger partial charge on any atom is 0.151 e. The van der Waals surface area contributed by atoms with E-state index >= 15 is 0 Å². The number of nitrogens with zero attached hydrogens (tertiary/aromatic N) is 1. The molecule has 3 atom stereocenters. The summed E-state index contributed by atoms with van der Waals surface area (Å²) in [6.07, 6.45) is 6.46. The van der Waals surface area contributed by atoms with Gasteiger partial charge in [-0.15, -0.1) is 0 Å². The average molecular weight is 258 g/mol. The van der Waals surface area contributed by atoms with Crippen LogP contribution in [0.1, 0.15) is 38.5 Å². The average Bonchev–Trinajstić information content (AvgIpc) is 2.50. The molecule has 2 bridgehead atoms. The first-order valence-electron chi connectivity index (χ1n) is 6.78. The van der Waals surface area contributed by atoms with E-state index in [0.29, 0.717) is 29.6 Å². The largest absolute Gasteiger partial charge is 0.328 e. The lowest BCUT2D eigenvalue weighted by atomic mass is 9.95. The highest BCUT2D eigenvalue weighted by molar-refractivity contribution is 7.91. The SMILES string of the molecule is NC1CC2CCC(C1)N2C1CCCS(=O)(=O)C1. The van der Waals surface area contributed by atoms with Crippen LogP contribution >= 0.6 is 0 Å². The highest BCUT2D eigenvalue weighted by Gasteiger charge is 2.44. The smallest absolute Gasteiger partial charge is 0.151 e. The standard InChI is InChI=1S/C12H22N2O2S/c13-9-6-10-3-4-11(7-9)14(10)12-2-1-5-17(15,16)8-12/h9-12H,1-8,13H2. The van der Waals surface area contributed by atoms with Crippen molar-refractivity contribution in [1.82, 2.24) is 4.90 Å². The second-order valence-electron chi connectivity index (χ2n) is 5.97. The Bertz CT molecular complexity index is 381. The summed E-state index contributed by atoms with van der Waals surface area (Å²) in [5, 5.41) is 0. The third kappa shape index (κ3) is 2.25. The molecule has 3 heterocycles. The van der Waals surface area contributed by atoms with Crippen LogP contribution in [0.4, 0.5) is 0 Å². The van der Waals surface area contributed by atoms with Gasteiger partial charge in [-0.2, -0.15) is 0 Å². The molecule has 3 rings (SSSR count). The Labute approximate surface area is 103 Å². The highest BCUT2D eigenvalue weighted by Crippen LogP contribution is 2.38. The predicted molar refractivity (Wildman–Crippen MR) is 67.5 cm³/mol. The summed E-state index contributed by atoms with van der Waals surface area (Å²) in [6.45, 7) is 0. The Morgan fingerprint density at radius 3 is 2.24 bits per heavy atom. The van der Waals surface area contributed by atoms with Gasteiger partial charge >= 0.3 is 0 Å². The van der Waals surface area contributed by atoms with E-state index in [2.05, 4.69) is 4.90 Å². The molecule has 0 amide bonds. The third-order valence-corrected chi connectivity index (χ3v) is 6.49. The van der Waals surface area contributed by atoms with Crippen LogP contribution in [0.15, 0.2) is 0 Å². The number of rotatable bonds is 1. The van der Waals surface area contributed by atoms with Gasteiger partial charge in [-0.3, -0.25) is 4.90 Å². The van der Waals surface area contributed by atoms with E-state index in [1.165, 1.54) is 12.8 Å². The van der Waals surface area contributed by atoms with Crippen LogP contribution in [0.25, 0.3) is 0 Å². The maximum atomic E-state index is 11.8. The topological polar surface area (TPSA) is 63.4 Å². The van der Waals surface area contributed by atoms with Crippen molar-refractivity contribution >= 4 is 9.84 Å². The second-order valence-corrected chi connectivity index (χ2v) is 8.20. The molecule has 0 radical (unpaired) electrons. The van der Waals surface area contributed by atoms with Crippen molar-refractivity contribution in [2.75, 3.05) is 11.5 Å². The van der Waals surface area contributed by atoms with Crippen molar-refractivity contribution in [3.8, 4) is 0 Å². The lowest BCUT2D eigenvalue weighted by molar-refractivity contribution is 0.0807. The van der Waals surface area contributed by atoms with Crippen LogP contribution in [0.3, 0.4) is 0 Å². The van der Waals surface area contributed by atoms with Gasteiger partial charge in [-0.1, -0.05) is 0 Å². The number of hydrogen-bond donors (Lipinski definition) is 1. The first-order chi connectivity index (χ1) is 8.05. The fraction of sp³-hybridized carbons (Fsp3) is 1.00. The van der Waals surface area contributed by atoms with Crippen molar-refractivity contribution in [3.63, 3.8) is 0 Å². The Balaban J connectivity index is 1.77. The van der Waals surface area contributed by atoms with Crippen molar-refractivity contribution in [2.45, 2.75) is 62.7 Å². The molecular weight excluding hydrogens is 236 g/mol.